The van der Waals surface area contributed by atoms with Crippen molar-refractivity contribution in [1.82, 2.24) is 10.2 Å². The van der Waals surface area contributed by atoms with Crippen LogP contribution in [0.5, 0.6) is 0 Å². The lowest BCUT2D eigenvalue weighted by Crippen LogP contribution is -2.39. The number of nitrogens with two attached hydrogens (primary N) is 1. The first-order chi connectivity index (χ1) is 11.6. The van der Waals surface area contributed by atoms with E-state index in [1.807, 2.05) is 0 Å². The van der Waals surface area contributed by atoms with Crippen molar-refractivity contribution in [3.63, 3.8) is 0 Å². The summed E-state index contributed by atoms with van der Waals surface area (Å²) in [7, 11) is 0. The van der Waals surface area contributed by atoms with Crippen LogP contribution in [0.25, 0.3) is 0 Å². The predicted octanol–water partition coefficient (Wildman–Crippen LogP) is 1.69. The van der Waals surface area contributed by atoms with Crippen molar-refractivity contribution in [2.45, 2.75) is 32.2 Å². The number of rotatable bonds is 4. The summed E-state index contributed by atoms with van der Waals surface area (Å²) in [6.45, 7) is 3.78. The molecular weight excluding hydrogens is 304 g/mol. The number of carbonyl (C=O) groups is 2. The minimum Gasteiger partial charge on any atom is -0.372 e. The van der Waals surface area contributed by atoms with Crippen LogP contribution in [0.2, 0.25) is 0 Å². The molecule has 0 bridgehead atoms. The van der Waals surface area contributed by atoms with Crippen LogP contribution in [-0.2, 0) is 11.3 Å². The topological polar surface area (TPSA) is 78.7 Å². The Hall–Kier alpha value is -2.24. The molecule has 0 unspecified atom stereocenters. The van der Waals surface area contributed by atoms with Gasteiger partial charge in [-0.3, -0.25) is 4.79 Å². The molecule has 2 saturated heterocycles. The highest BCUT2D eigenvalue weighted by Gasteiger charge is 2.29. The smallest absolute Gasteiger partial charge is 0.317 e. The summed E-state index contributed by atoms with van der Waals surface area (Å²) in [5.41, 5.74) is 7.64. The summed E-state index contributed by atoms with van der Waals surface area (Å²) in [5.74, 6) is -0.529. The summed E-state index contributed by atoms with van der Waals surface area (Å²) in [4.78, 5) is 27.4. The van der Waals surface area contributed by atoms with E-state index in [2.05, 4.69) is 34.5 Å². The minimum absolute atomic E-state index is 0.126. The number of piperidine rings is 1. The van der Waals surface area contributed by atoms with Crippen molar-refractivity contribution >= 4 is 17.6 Å². The van der Waals surface area contributed by atoms with E-state index in [-0.39, 0.29) is 17.9 Å². The van der Waals surface area contributed by atoms with Gasteiger partial charge in [0.15, 0.2) is 0 Å². The number of likely N-dealkylation sites (tertiary alicyclic amines) is 1. The molecule has 1 aromatic carbocycles. The fourth-order valence-corrected chi connectivity index (χ4v) is 3.44. The first-order valence-electron chi connectivity index (χ1n) is 8.79. The van der Waals surface area contributed by atoms with Crippen molar-refractivity contribution in [2.75, 3.05) is 31.1 Å². The van der Waals surface area contributed by atoms with Crippen molar-refractivity contribution in [3.8, 4) is 0 Å². The summed E-state index contributed by atoms with van der Waals surface area (Å²) in [6.07, 6.45) is 4.51. The number of urea groups is 1. The van der Waals surface area contributed by atoms with Crippen LogP contribution >= 0.6 is 0 Å². The van der Waals surface area contributed by atoms with Gasteiger partial charge in [0.05, 0.1) is 5.92 Å². The average Bonchev–Trinajstić information content (AvgIpc) is 3.11. The zero-order chi connectivity index (χ0) is 16.9. The Labute approximate surface area is 143 Å². The quantitative estimate of drug-likeness (QED) is 0.882. The molecule has 0 aromatic heterocycles. The fraction of sp³-hybridized carbons (Fsp3) is 0.556. The standard InChI is InChI=1S/C18H26N4O2/c19-17(23)15-8-11-22(13-15)18(24)20-12-14-4-6-16(7-5-14)21-9-2-1-3-10-21/h4-7,15H,1-3,8-13H2,(H2,19,23)(H,20,24)/t15-/m1/s1. The minimum atomic E-state index is -0.321. The molecule has 3 amide bonds. The molecule has 2 aliphatic rings. The van der Waals surface area contributed by atoms with Crippen LogP contribution in [0.4, 0.5) is 10.5 Å². The number of primary amides is 1. The van der Waals surface area contributed by atoms with Gasteiger partial charge >= 0.3 is 6.03 Å². The third-order valence-electron chi connectivity index (χ3n) is 4.98. The monoisotopic (exact) mass is 330 g/mol. The molecule has 6 heteroatoms. The molecule has 0 saturated carbocycles. The normalized spacial score (nSPS) is 20.9. The van der Waals surface area contributed by atoms with E-state index in [1.165, 1.54) is 24.9 Å². The molecule has 3 N–H and O–H groups in total. The van der Waals surface area contributed by atoms with Crippen molar-refractivity contribution in [2.24, 2.45) is 11.7 Å². The van der Waals surface area contributed by atoms with Gasteiger partial charge in [0.1, 0.15) is 0 Å². The first-order valence-corrected chi connectivity index (χ1v) is 8.79. The molecule has 1 aromatic rings. The Bertz CT molecular complexity index is 581. The molecule has 130 valence electrons. The number of nitrogens with zero attached hydrogens (tertiary/aromatic N) is 2. The first kappa shape index (κ1) is 16.6. The van der Waals surface area contributed by atoms with E-state index in [1.54, 1.807) is 4.90 Å². The highest BCUT2D eigenvalue weighted by Crippen LogP contribution is 2.20. The van der Waals surface area contributed by atoms with E-state index < -0.39 is 0 Å². The lowest BCUT2D eigenvalue weighted by atomic mass is 10.1. The number of anilines is 1. The van der Waals surface area contributed by atoms with Gasteiger partial charge in [-0.25, -0.2) is 4.79 Å². The Balaban J connectivity index is 1.48. The molecule has 0 aliphatic carbocycles. The Morgan fingerprint density at radius 1 is 1.08 bits per heavy atom. The highest BCUT2D eigenvalue weighted by atomic mass is 16.2. The number of amides is 3. The maximum absolute atomic E-state index is 12.2. The van der Waals surface area contributed by atoms with Crippen LogP contribution in [0.15, 0.2) is 24.3 Å². The van der Waals surface area contributed by atoms with Crippen molar-refractivity contribution in [1.29, 1.82) is 0 Å². The Morgan fingerprint density at radius 3 is 2.42 bits per heavy atom. The lowest BCUT2D eigenvalue weighted by Gasteiger charge is -2.28. The zero-order valence-corrected chi connectivity index (χ0v) is 14.0. The third-order valence-corrected chi connectivity index (χ3v) is 4.98. The molecule has 2 fully saturated rings. The van der Waals surface area contributed by atoms with E-state index in [0.717, 1.165) is 18.7 Å². The van der Waals surface area contributed by atoms with Gasteiger partial charge in [0.2, 0.25) is 5.91 Å². The predicted molar refractivity (Wildman–Crippen MR) is 93.6 cm³/mol. The summed E-state index contributed by atoms with van der Waals surface area (Å²) in [5, 5.41) is 2.92. The number of benzene rings is 1. The Kier molecular flexibility index (Phi) is 5.23. The van der Waals surface area contributed by atoms with E-state index in [0.29, 0.717) is 26.1 Å². The SMILES string of the molecule is NC(=O)[C@@H]1CCN(C(=O)NCc2ccc(N3CCCCC3)cc2)C1. The van der Waals surface area contributed by atoms with Gasteiger partial charge in [-0.05, 0) is 43.4 Å². The van der Waals surface area contributed by atoms with Gasteiger partial charge in [-0.15, -0.1) is 0 Å². The van der Waals surface area contributed by atoms with Gasteiger partial charge in [-0.2, -0.15) is 0 Å². The average molecular weight is 330 g/mol. The van der Waals surface area contributed by atoms with Gasteiger partial charge in [-0.1, -0.05) is 12.1 Å². The highest BCUT2D eigenvalue weighted by molar-refractivity contribution is 5.80. The van der Waals surface area contributed by atoms with E-state index >= 15 is 0 Å². The molecule has 6 nitrogen and oxygen atoms in total. The molecule has 2 aliphatic heterocycles. The van der Waals surface area contributed by atoms with Crippen molar-refractivity contribution in [3.05, 3.63) is 29.8 Å². The van der Waals surface area contributed by atoms with E-state index in [4.69, 9.17) is 5.73 Å². The van der Waals surface area contributed by atoms with E-state index in [9.17, 15) is 9.59 Å². The number of hydrogen-bond acceptors (Lipinski definition) is 3. The van der Waals surface area contributed by atoms with Crippen LogP contribution in [0.1, 0.15) is 31.2 Å². The molecule has 2 heterocycles. The van der Waals surface area contributed by atoms with Crippen molar-refractivity contribution < 1.29 is 9.59 Å². The maximum atomic E-state index is 12.2. The zero-order valence-electron chi connectivity index (χ0n) is 14.0. The van der Waals surface area contributed by atoms with Crippen LogP contribution < -0.4 is 16.0 Å². The van der Waals surface area contributed by atoms with Crippen LogP contribution in [0.3, 0.4) is 0 Å². The molecular formula is C18H26N4O2. The van der Waals surface area contributed by atoms with Crippen LogP contribution in [0, 0.1) is 5.92 Å². The second kappa shape index (κ2) is 7.55. The maximum Gasteiger partial charge on any atom is 0.317 e. The lowest BCUT2D eigenvalue weighted by molar-refractivity contribution is -0.121. The molecule has 3 rings (SSSR count). The molecule has 0 radical (unpaired) electrons. The molecule has 0 spiro atoms. The number of nitrogens with one attached hydrogen (secondary N) is 1. The second-order valence-electron chi connectivity index (χ2n) is 6.71. The number of hydrogen-bond donors (Lipinski definition) is 2. The summed E-state index contributed by atoms with van der Waals surface area (Å²) >= 11 is 0. The van der Waals surface area contributed by atoms with Gasteiger partial charge in [0, 0.05) is 38.4 Å². The summed E-state index contributed by atoms with van der Waals surface area (Å²) in [6, 6.07) is 8.28. The third kappa shape index (κ3) is 3.99. The Morgan fingerprint density at radius 2 is 1.79 bits per heavy atom. The largest absolute Gasteiger partial charge is 0.372 e. The summed E-state index contributed by atoms with van der Waals surface area (Å²) < 4.78 is 0. The molecule has 24 heavy (non-hydrogen) atoms. The second-order valence-corrected chi connectivity index (χ2v) is 6.71. The molecule has 1 atom stereocenters. The number of carbonyl (C=O) groups excluding carboxylic acids is 2. The van der Waals surface area contributed by atoms with Gasteiger partial charge in [0.25, 0.3) is 0 Å². The van der Waals surface area contributed by atoms with Crippen LogP contribution in [-0.4, -0.2) is 43.0 Å². The fourth-order valence-electron chi connectivity index (χ4n) is 3.44. The van der Waals surface area contributed by atoms with Gasteiger partial charge < -0.3 is 20.9 Å².